The fraction of sp³-hybridized carbons (Fsp3) is 0.200. The van der Waals surface area contributed by atoms with Gasteiger partial charge in [-0.05, 0) is 134 Å². The van der Waals surface area contributed by atoms with Gasteiger partial charge in [0.25, 0.3) is 0 Å². The van der Waals surface area contributed by atoms with Crippen molar-refractivity contribution < 1.29 is 40.9 Å². The van der Waals surface area contributed by atoms with Gasteiger partial charge in [0, 0.05) is 51.1 Å². The van der Waals surface area contributed by atoms with Crippen LogP contribution >= 0.6 is 0 Å². The zero-order chi connectivity index (χ0) is 61.1. The van der Waals surface area contributed by atoms with E-state index in [0.717, 1.165) is 0 Å². The number of phenols is 8. The normalized spacial score (nSPS) is 12.9. The van der Waals surface area contributed by atoms with E-state index in [1.807, 2.05) is 38.1 Å². The molecule has 0 aliphatic rings. The lowest BCUT2D eigenvalue weighted by atomic mass is 9.79. The Morgan fingerprint density at radius 3 is 0.882 bits per heavy atom. The Morgan fingerprint density at radius 2 is 0.588 bits per heavy atom. The lowest BCUT2D eigenvalue weighted by molar-refractivity contribution is 0.429. The van der Waals surface area contributed by atoms with Gasteiger partial charge in [-0.15, -0.1) is 20.5 Å². The second-order valence-corrected chi connectivity index (χ2v) is 19.8. The third-order valence-corrected chi connectivity index (χ3v) is 14.7. The number of hydrogen-bond donors (Lipinski definition) is 8. The zero-order valence-electron chi connectivity index (χ0n) is 46.7. The van der Waals surface area contributed by atoms with E-state index in [1.165, 1.54) is 48.5 Å². The third-order valence-electron chi connectivity index (χ3n) is 14.7. The number of azo groups is 4. The molecule has 0 saturated carbocycles. The molecule has 0 radical (unpaired) electrons. The second-order valence-electron chi connectivity index (χ2n) is 19.8. The Bertz CT molecular complexity index is 4190. The van der Waals surface area contributed by atoms with E-state index in [9.17, 15) is 61.9 Å². The predicted molar refractivity (Wildman–Crippen MR) is 316 cm³/mol. The van der Waals surface area contributed by atoms with Crippen molar-refractivity contribution in [3.05, 3.63) is 189 Å². The van der Waals surface area contributed by atoms with Crippen LogP contribution in [0.15, 0.2) is 168 Å². The maximum absolute atomic E-state index is 12.6. The molecule has 0 spiro atoms. The first-order valence-electron chi connectivity index (χ1n) is 27.0. The summed E-state index contributed by atoms with van der Waals surface area (Å²) in [7, 11) is 0. The highest BCUT2D eigenvalue weighted by Gasteiger charge is 2.34. The molecule has 0 saturated heterocycles. The molecular formula is C65H56N12O8. The number of phenolic OH excluding ortho intramolecular Hbond substituents is 8. The topological polar surface area (TPSA) is 356 Å². The fourth-order valence-corrected chi connectivity index (χ4v) is 10.0. The van der Waals surface area contributed by atoms with Gasteiger partial charge in [-0.1, -0.05) is 65.0 Å². The van der Waals surface area contributed by atoms with Crippen LogP contribution < -0.4 is 0 Å². The number of hydrogen-bond acceptors (Lipinski definition) is 20. The lowest BCUT2D eigenvalue weighted by Crippen LogP contribution is -2.08. The molecule has 0 fully saturated rings. The SMILES string of the molecule is CCC(C)c1cc(C(CC)c2cc(C(CC)c3cc(C(CC)c4ccc(O)c(N=Nc5cccc(C#N)c5)c4O)c(O)c(N=Nc4cccc(C#N)c4)c3O)c(O)c(N=Nc3cccc(C#N)c3)c2O)c(O)c(N=Nc2cccc(C#N)c2)c1O. The standard InChI is InChI=1S/C65H56N12O8/c1-6-35(5)48-28-49(61(81)56(60(48)80)75-71-41-19-11-15-37(25-41)32-67)45(8-3)52-30-53(65(85)58(64(52)84)77-73-43-21-13-17-39(27-43)34-69)46(9-4)51-29-50(62(82)57(63(51)83)76-72-42-20-12-16-38(26-42)33-68)44(7-2)47-22-23-54(78)55(59(47)79)74-70-40-18-10-14-36(24-40)31-66/h10-30,35,44-46,78-85H,6-9H2,1-5H3. The molecule has 20 nitrogen and oxygen atoms in total. The van der Waals surface area contributed by atoms with E-state index in [4.69, 9.17) is 0 Å². The molecule has 8 aromatic carbocycles. The molecule has 20 heteroatoms. The number of aromatic hydroxyl groups is 8. The summed E-state index contributed by atoms with van der Waals surface area (Å²) in [4.78, 5) is 0. The highest BCUT2D eigenvalue weighted by atomic mass is 16.3. The number of nitrogens with zero attached hydrogens (tertiary/aromatic N) is 12. The first-order chi connectivity index (χ1) is 41.0. The Kier molecular flexibility index (Phi) is 18.5. The van der Waals surface area contributed by atoms with E-state index in [2.05, 4.69) is 40.9 Å². The first kappa shape index (κ1) is 59.6. The highest BCUT2D eigenvalue weighted by Crippen LogP contribution is 2.57. The molecule has 0 aliphatic carbocycles. The van der Waals surface area contributed by atoms with Gasteiger partial charge in [0.1, 0.15) is 11.5 Å². The summed E-state index contributed by atoms with van der Waals surface area (Å²) >= 11 is 0. The number of rotatable bonds is 19. The third kappa shape index (κ3) is 12.5. The van der Waals surface area contributed by atoms with E-state index in [-0.39, 0.29) is 110 Å². The largest absolute Gasteiger partial charge is 0.505 e. The van der Waals surface area contributed by atoms with Gasteiger partial charge in [0.05, 0.1) is 69.3 Å². The molecule has 8 N–H and O–H groups in total. The van der Waals surface area contributed by atoms with Crippen LogP contribution in [0.1, 0.15) is 145 Å². The van der Waals surface area contributed by atoms with Gasteiger partial charge in [-0.25, -0.2) is 0 Å². The van der Waals surface area contributed by atoms with E-state index in [1.54, 1.807) is 99.6 Å². The average molecular weight is 1130 g/mol. The monoisotopic (exact) mass is 1130 g/mol. The summed E-state index contributed by atoms with van der Waals surface area (Å²) in [6, 6.07) is 40.2. The van der Waals surface area contributed by atoms with Crippen molar-refractivity contribution in [2.45, 2.75) is 84.0 Å². The van der Waals surface area contributed by atoms with Crippen LogP contribution in [-0.4, -0.2) is 40.9 Å². The average Bonchev–Trinajstić information content (AvgIpc) is 2.77. The smallest absolute Gasteiger partial charge is 0.169 e. The van der Waals surface area contributed by atoms with Gasteiger partial charge < -0.3 is 40.9 Å². The molecule has 0 amide bonds. The Labute approximate surface area is 489 Å². The van der Waals surface area contributed by atoms with Crippen molar-refractivity contribution in [3.63, 3.8) is 0 Å². The molecule has 4 atom stereocenters. The molecule has 0 aliphatic heterocycles. The van der Waals surface area contributed by atoms with Crippen molar-refractivity contribution >= 4 is 45.5 Å². The molecule has 8 aromatic rings. The summed E-state index contributed by atoms with van der Waals surface area (Å²) < 4.78 is 0. The van der Waals surface area contributed by atoms with Crippen molar-refractivity contribution in [2.75, 3.05) is 0 Å². The summed E-state index contributed by atoms with van der Waals surface area (Å²) in [6.45, 7) is 9.10. The van der Waals surface area contributed by atoms with Gasteiger partial charge >= 0.3 is 0 Å². The quantitative estimate of drug-likeness (QED) is 0.0350. The maximum Gasteiger partial charge on any atom is 0.169 e. The van der Waals surface area contributed by atoms with Crippen LogP contribution in [0, 0.1) is 45.3 Å². The number of nitriles is 4. The molecular weight excluding hydrogens is 1080 g/mol. The van der Waals surface area contributed by atoms with Gasteiger partial charge in [-0.3, -0.25) is 0 Å². The Hall–Kier alpha value is -11.5. The van der Waals surface area contributed by atoms with E-state index >= 15 is 0 Å². The van der Waals surface area contributed by atoms with E-state index in [0.29, 0.717) is 23.1 Å². The Morgan fingerprint density at radius 1 is 0.318 bits per heavy atom. The van der Waals surface area contributed by atoms with Gasteiger partial charge in [0.2, 0.25) is 0 Å². The van der Waals surface area contributed by atoms with Gasteiger partial charge in [0.15, 0.2) is 57.2 Å². The summed E-state index contributed by atoms with van der Waals surface area (Å²) in [5.41, 5.74) is 1.46. The fourth-order valence-electron chi connectivity index (χ4n) is 10.0. The van der Waals surface area contributed by atoms with Crippen LogP contribution in [0.25, 0.3) is 0 Å². The minimum absolute atomic E-state index is 0.0448. The maximum atomic E-state index is 12.6. The van der Waals surface area contributed by atoms with Crippen LogP contribution in [0.4, 0.5) is 45.5 Å². The van der Waals surface area contributed by atoms with E-state index < -0.39 is 69.4 Å². The zero-order valence-corrected chi connectivity index (χ0v) is 46.7. The van der Waals surface area contributed by atoms with Crippen molar-refractivity contribution in [1.29, 1.82) is 21.0 Å². The van der Waals surface area contributed by atoms with Crippen LogP contribution in [0.3, 0.4) is 0 Å². The minimum Gasteiger partial charge on any atom is -0.505 e. The van der Waals surface area contributed by atoms with Crippen molar-refractivity contribution in [3.8, 4) is 70.3 Å². The summed E-state index contributed by atoms with van der Waals surface area (Å²) in [5, 5.41) is 170. The van der Waals surface area contributed by atoms with Crippen LogP contribution in [0.2, 0.25) is 0 Å². The molecule has 85 heavy (non-hydrogen) atoms. The first-order valence-corrected chi connectivity index (χ1v) is 27.0. The van der Waals surface area contributed by atoms with Crippen molar-refractivity contribution in [1.82, 2.24) is 0 Å². The lowest BCUT2D eigenvalue weighted by Gasteiger charge is -2.27. The molecule has 0 bridgehead atoms. The van der Waals surface area contributed by atoms with Crippen LogP contribution in [0.5, 0.6) is 46.0 Å². The molecule has 4 unspecified atom stereocenters. The highest BCUT2D eigenvalue weighted by molar-refractivity contribution is 5.76. The molecule has 0 heterocycles. The van der Waals surface area contributed by atoms with Crippen molar-refractivity contribution in [2.24, 2.45) is 40.9 Å². The second kappa shape index (κ2) is 26.4. The predicted octanol–water partition coefficient (Wildman–Crippen LogP) is 17.6. The van der Waals surface area contributed by atoms with Gasteiger partial charge in [-0.2, -0.15) is 41.5 Å². The summed E-state index contributed by atoms with van der Waals surface area (Å²) in [6.07, 6.45) is 0.930. The number of benzene rings is 8. The molecule has 0 aromatic heterocycles. The Balaban J connectivity index is 1.39. The molecule has 8 rings (SSSR count). The minimum atomic E-state index is -1.10. The molecule has 424 valence electrons. The van der Waals surface area contributed by atoms with Crippen LogP contribution in [-0.2, 0) is 0 Å². The summed E-state index contributed by atoms with van der Waals surface area (Å²) in [5.74, 6) is -7.49.